The molecular weight excluding hydrogens is 274 g/mol. The molecule has 2 aromatic rings. The van der Waals surface area contributed by atoms with E-state index in [0.717, 1.165) is 10.9 Å². The molecule has 2 unspecified atom stereocenters. The second-order valence-electron chi connectivity index (χ2n) is 4.67. The van der Waals surface area contributed by atoms with Crippen molar-refractivity contribution >= 4 is 28.6 Å². The predicted octanol–water partition coefficient (Wildman–Crippen LogP) is 1.26. The minimum absolute atomic E-state index is 0.00770. The number of para-hydroxylation sites is 1. The molecule has 2 rings (SSSR count). The molecule has 0 bridgehead atoms. The first-order chi connectivity index (χ1) is 9.65. The highest BCUT2D eigenvalue weighted by atomic mass is 32.2. The van der Waals surface area contributed by atoms with Crippen molar-refractivity contribution in [2.24, 2.45) is 0 Å². The minimum atomic E-state index is -0.0983. The van der Waals surface area contributed by atoms with Gasteiger partial charge in [0.1, 0.15) is 6.54 Å². The van der Waals surface area contributed by atoms with Gasteiger partial charge in [0.15, 0.2) is 0 Å². The Kier molecular flexibility index (Phi) is 5.03. The Morgan fingerprint density at radius 1 is 1.50 bits per heavy atom. The smallest absolute Gasteiger partial charge is 0.242 e. The average Bonchev–Trinajstić information content (AvgIpc) is 2.83. The van der Waals surface area contributed by atoms with Crippen LogP contribution < -0.4 is 5.32 Å². The number of amides is 1. The Hall–Kier alpha value is -1.53. The van der Waals surface area contributed by atoms with E-state index >= 15 is 0 Å². The van der Waals surface area contributed by atoms with Crippen molar-refractivity contribution in [3.05, 3.63) is 30.5 Å². The van der Waals surface area contributed by atoms with Gasteiger partial charge in [-0.05, 0) is 19.2 Å². The third-order valence-electron chi connectivity index (χ3n) is 3.27. The maximum atomic E-state index is 12.0. The first-order valence-corrected chi connectivity index (χ1v) is 7.78. The van der Waals surface area contributed by atoms with Crippen molar-refractivity contribution < 1.29 is 9.90 Å². The molecule has 0 aliphatic rings. The van der Waals surface area contributed by atoms with Crippen LogP contribution in [0.4, 0.5) is 0 Å². The van der Waals surface area contributed by atoms with Crippen LogP contribution in [0.3, 0.4) is 0 Å². The van der Waals surface area contributed by atoms with E-state index < -0.39 is 0 Å². The number of fused-ring (bicyclic) bond motifs is 1. The summed E-state index contributed by atoms with van der Waals surface area (Å²) in [6.45, 7) is 2.13. The number of nitrogens with zero attached hydrogens (tertiary/aromatic N) is 2. The topological polar surface area (TPSA) is 67.2 Å². The van der Waals surface area contributed by atoms with Gasteiger partial charge in [-0.3, -0.25) is 9.48 Å². The first kappa shape index (κ1) is 14.9. The van der Waals surface area contributed by atoms with Gasteiger partial charge in [0.05, 0.1) is 18.3 Å². The number of hydrogen-bond acceptors (Lipinski definition) is 4. The van der Waals surface area contributed by atoms with Crippen molar-refractivity contribution in [1.29, 1.82) is 0 Å². The molecule has 0 fully saturated rings. The van der Waals surface area contributed by atoms with Crippen molar-refractivity contribution in [1.82, 2.24) is 15.1 Å². The molecule has 0 radical (unpaired) electrons. The summed E-state index contributed by atoms with van der Waals surface area (Å²) < 4.78 is 1.68. The maximum Gasteiger partial charge on any atom is 0.242 e. The second kappa shape index (κ2) is 6.76. The summed E-state index contributed by atoms with van der Waals surface area (Å²) in [6, 6.07) is 7.70. The molecule has 6 heteroatoms. The molecule has 1 amide bonds. The zero-order chi connectivity index (χ0) is 14.5. The molecule has 1 heterocycles. The first-order valence-electron chi connectivity index (χ1n) is 6.49. The largest absolute Gasteiger partial charge is 0.395 e. The standard InChI is InChI=1S/C14H19N3O2S/c1-10(13(9-18)20-2)16-14(19)8-17-12-6-4-3-5-11(12)7-15-17/h3-7,10,13,18H,8-9H2,1-2H3,(H,16,19). The van der Waals surface area contributed by atoms with Crippen LogP contribution >= 0.6 is 11.8 Å². The van der Waals surface area contributed by atoms with Crippen LogP contribution in [0.1, 0.15) is 6.92 Å². The lowest BCUT2D eigenvalue weighted by atomic mass is 10.2. The van der Waals surface area contributed by atoms with Crippen LogP contribution in [0.15, 0.2) is 30.5 Å². The molecule has 1 aromatic carbocycles. The summed E-state index contributed by atoms with van der Waals surface area (Å²) in [5, 5.41) is 17.4. The van der Waals surface area contributed by atoms with Gasteiger partial charge in [-0.1, -0.05) is 18.2 Å². The third kappa shape index (κ3) is 3.32. The van der Waals surface area contributed by atoms with Crippen molar-refractivity contribution in [2.75, 3.05) is 12.9 Å². The Labute approximate surface area is 122 Å². The van der Waals surface area contributed by atoms with E-state index in [-0.39, 0.29) is 30.4 Å². The molecule has 0 saturated carbocycles. The molecule has 0 saturated heterocycles. The highest BCUT2D eigenvalue weighted by Crippen LogP contribution is 2.13. The van der Waals surface area contributed by atoms with Crippen molar-refractivity contribution in [3.8, 4) is 0 Å². The molecule has 5 nitrogen and oxygen atoms in total. The van der Waals surface area contributed by atoms with E-state index in [1.54, 1.807) is 22.6 Å². The van der Waals surface area contributed by atoms with Crippen LogP contribution in [0.25, 0.3) is 10.9 Å². The molecular formula is C14H19N3O2S. The molecule has 0 aliphatic carbocycles. The molecule has 0 spiro atoms. The molecule has 20 heavy (non-hydrogen) atoms. The van der Waals surface area contributed by atoms with Crippen LogP contribution in [-0.4, -0.2) is 44.9 Å². The molecule has 2 N–H and O–H groups in total. The maximum absolute atomic E-state index is 12.0. The summed E-state index contributed by atoms with van der Waals surface area (Å²) in [5.74, 6) is -0.0983. The monoisotopic (exact) mass is 293 g/mol. The molecule has 1 aromatic heterocycles. The zero-order valence-electron chi connectivity index (χ0n) is 11.6. The fourth-order valence-electron chi connectivity index (χ4n) is 2.12. The van der Waals surface area contributed by atoms with Crippen LogP contribution in [-0.2, 0) is 11.3 Å². The number of aliphatic hydroxyl groups is 1. The summed E-state index contributed by atoms with van der Waals surface area (Å²) in [5.41, 5.74) is 0.943. The van der Waals surface area contributed by atoms with Gasteiger partial charge in [-0.25, -0.2) is 0 Å². The van der Waals surface area contributed by atoms with Gasteiger partial charge in [-0.2, -0.15) is 16.9 Å². The van der Waals surface area contributed by atoms with Gasteiger partial charge in [0, 0.05) is 16.7 Å². The normalized spacial score (nSPS) is 14.2. The lowest BCUT2D eigenvalue weighted by Gasteiger charge is -2.21. The van der Waals surface area contributed by atoms with E-state index in [0.29, 0.717) is 0 Å². The van der Waals surface area contributed by atoms with E-state index in [9.17, 15) is 9.90 Å². The summed E-state index contributed by atoms with van der Waals surface area (Å²) >= 11 is 1.54. The molecule has 0 aliphatic heterocycles. The Morgan fingerprint density at radius 2 is 2.25 bits per heavy atom. The van der Waals surface area contributed by atoms with E-state index in [4.69, 9.17) is 0 Å². The lowest BCUT2D eigenvalue weighted by Crippen LogP contribution is -2.42. The summed E-state index contributed by atoms with van der Waals surface area (Å²) in [6.07, 6.45) is 3.68. The number of nitrogens with one attached hydrogen (secondary N) is 1. The van der Waals surface area contributed by atoms with Crippen LogP contribution in [0, 0.1) is 0 Å². The fraction of sp³-hybridized carbons (Fsp3) is 0.429. The zero-order valence-corrected chi connectivity index (χ0v) is 12.4. The number of rotatable bonds is 6. The number of aromatic nitrogens is 2. The predicted molar refractivity (Wildman–Crippen MR) is 81.7 cm³/mol. The highest BCUT2D eigenvalue weighted by molar-refractivity contribution is 7.99. The SMILES string of the molecule is CSC(CO)C(C)NC(=O)Cn1ncc2ccccc21. The van der Waals surface area contributed by atoms with Gasteiger partial charge < -0.3 is 10.4 Å². The van der Waals surface area contributed by atoms with E-state index in [1.807, 2.05) is 37.4 Å². The highest BCUT2D eigenvalue weighted by Gasteiger charge is 2.17. The summed E-state index contributed by atoms with van der Waals surface area (Å²) in [4.78, 5) is 12.0. The third-order valence-corrected chi connectivity index (χ3v) is 4.44. The summed E-state index contributed by atoms with van der Waals surface area (Å²) in [7, 11) is 0. The number of aliphatic hydroxyl groups excluding tert-OH is 1. The van der Waals surface area contributed by atoms with Crippen molar-refractivity contribution in [2.45, 2.75) is 24.8 Å². The Balaban J connectivity index is 2.01. The van der Waals surface area contributed by atoms with Crippen molar-refractivity contribution in [3.63, 3.8) is 0 Å². The second-order valence-corrected chi connectivity index (χ2v) is 5.75. The number of carbonyl (C=O) groups is 1. The Morgan fingerprint density at radius 3 is 2.95 bits per heavy atom. The van der Waals surface area contributed by atoms with Gasteiger partial charge >= 0.3 is 0 Å². The number of benzene rings is 1. The lowest BCUT2D eigenvalue weighted by molar-refractivity contribution is -0.122. The minimum Gasteiger partial charge on any atom is -0.395 e. The molecule has 2 atom stereocenters. The average molecular weight is 293 g/mol. The number of hydrogen-bond donors (Lipinski definition) is 2. The number of thioether (sulfide) groups is 1. The van der Waals surface area contributed by atoms with Gasteiger partial charge in [-0.15, -0.1) is 0 Å². The molecule has 108 valence electrons. The van der Waals surface area contributed by atoms with E-state index in [2.05, 4.69) is 10.4 Å². The number of carbonyl (C=O) groups excluding carboxylic acids is 1. The van der Waals surface area contributed by atoms with E-state index in [1.165, 1.54) is 0 Å². The van der Waals surface area contributed by atoms with Gasteiger partial charge in [0.2, 0.25) is 5.91 Å². The quantitative estimate of drug-likeness (QED) is 0.841. The van der Waals surface area contributed by atoms with Crippen LogP contribution in [0.5, 0.6) is 0 Å². The van der Waals surface area contributed by atoms with Gasteiger partial charge in [0.25, 0.3) is 0 Å². The fourth-order valence-corrected chi connectivity index (χ4v) is 2.74. The Bertz CT molecular complexity index is 581. The van der Waals surface area contributed by atoms with Crippen LogP contribution in [0.2, 0.25) is 0 Å².